The first-order valence-corrected chi connectivity index (χ1v) is 10.8. The second-order valence-electron chi connectivity index (χ2n) is 5.70. The molecule has 1 N–H and O–H groups in total. The molecule has 1 aromatic heterocycles. The Morgan fingerprint density at radius 2 is 1.75 bits per heavy atom. The number of rotatable bonds is 4. The number of fused-ring (bicyclic) bond motifs is 1. The van der Waals surface area contributed by atoms with Crippen LogP contribution >= 0.6 is 32.4 Å². The molecule has 0 saturated heterocycles. The van der Waals surface area contributed by atoms with Crippen molar-refractivity contribution in [1.82, 2.24) is 4.98 Å². The van der Waals surface area contributed by atoms with Gasteiger partial charge in [0.05, 0.1) is 15.4 Å². The number of nitro benzene ring substituents is 1. The van der Waals surface area contributed by atoms with Gasteiger partial charge in [-0.15, -0.1) is 0 Å². The van der Waals surface area contributed by atoms with Crippen LogP contribution in [0.3, 0.4) is 0 Å². The highest BCUT2D eigenvalue weighted by atomic mass is 32.9. The highest BCUT2D eigenvalue weighted by Gasteiger charge is 2.32. The predicted molar refractivity (Wildman–Crippen MR) is 106 cm³/mol. The summed E-state index contributed by atoms with van der Waals surface area (Å²) in [6.07, 6.45) is 1.39. The molecule has 0 bridgehead atoms. The largest absolute Gasteiger partial charge is 0.288 e. The van der Waals surface area contributed by atoms with Crippen molar-refractivity contribution in [3.05, 3.63) is 79.6 Å². The third-order valence-electron chi connectivity index (χ3n) is 3.98. The zero-order chi connectivity index (χ0) is 19.8. The highest BCUT2D eigenvalue weighted by molar-refractivity contribution is 8.02. The van der Waals surface area contributed by atoms with E-state index in [1.165, 1.54) is 32.8 Å². The van der Waals surface area contributed by atoms with Gasteiger partial charge in [-0.2, -0.15) is 0 Å². The number of hydrogen-bond donors (Lipinski definition) is 1. The number of nitro groups is 1. The number of carbonyl (C=O) groups excluding carboxylic acids is 2. The van der Waals surface area contributed by atoms with Crippen LogP contribution in [0, 0.1) is 15.5 Å². The van der Waals surface area contributed by atoms with Crippen molar-refractivity contribution in [3.63, 3.8) is 0 Å². The number of nitrogens with one attached hydrogen (secondary N) is 1. The second-order valence-corrected chi connectivity index (χ2v) is 9.09. The summed E-state index contributed by atoms with van der Waals surface area (Å²) in [4.78, 5) is 40.5. The van der Waals surface area contributed by atoms with Gasteiger partial charge in [0.15, 0.2) is 15.9 Å². The van der Waals surface area contributed by atoms with Crippen molar-refractivity contribution in [1.29, 1.82) is 5.41 Å². The van der Waals surface area contributed by atoms with Gasteiger partial charge in [-0.3, -0.25) is 25.1 Å². The first-order valence-electron chi connectivity index (χ1n) is 7.82. The van der Waals surface area contributed by atoms with Gasteiger partial charge < -0.3 is 0 Å². The molecule has 1 heterocycles. The van der Waals surface area contributed by atoms with E-state index in [2.05, 4.69) is 4.98 Å². The zero-order valence-corrected chi connectivity index (χ0v) is 16.3. The number of ketones is 2. The van der Waals surface area contributed by atoms with E-state index < -0.39 is 4.92 Å². The Hall–Kier alpha value is -2.95. The van der Waals surface area contributed by atoms with Gasteiger partial charge in [-0.1, -0.05) is 42.1 Å². The molecule has 138 valence electrons. The topological polar surface area (TPSA) is 114 Å². The average molecular weight is 427 g/mol. The van der Waals surface area contributed by atoms with Crippen LogP contribution in [-0.4, -0.2) is 21.5 Å². The fraction of sp³-hybridized carbons (Fsp3) is 0. The van der Waals surface area contributed by atoms with Crippen molar-refractivity contribution >= 4 is 55.8 Å². The lowest BCUT2D eigenvalue weighted by atomic mass is 10.1. The van der Waals surface area contributed by atoms with Crippen molar-refractivity contribution < 1.29 is 14.5 Å². The van der Waals surface area contributed by atoms with Crippen molar-refractivity contribution in [2.45, 2.75) is 9.24 Å². The van der Waals surface area contributed by atoms with Gasteiger partial charge >= 0.3 is 0 Å². The highest BCUT2D eigenvalue weighted by Crippen LogP contribution is 2.37. The zero-order valence-electron chi connectivity index (χ0n) is 13.9. The number of benzene rings is 2. The Labute approximate surface area is 169 Å². The molecule has 4 rings (SSSR count). The van der Waals surface area contributed by atoms with E-state index in [4.69, 9.17) is 5.41 Å². The third kappa shape index (κ3) is 3.33. The summed E-state index contributed by atoms with van der Waals surface area (Å²) in [5.74, 6) is -0.761. The van der Waals surface area contributed by atoms with E-state index in [9.17, 15) is 19.7 Å². The summed E-state index contributed by atoms with van der Waals surface area (Å²) in [6, 6.07) is 11.1. The minimum atomic E-state index is -0.518. The fourth-order valence-electron chi connectivity index (χ4n) is 2.75. The minimum absolute atomic E-state index is 0.00327. The minimum Gasteiger partial charge on any atom is -0.288 e. The first kappa shape index (κ1) is 18.4. The lowest BCUT2D eigenvalue weighted by molar-refractivity contribution is -0.387. The van der Waals surface area contributed by atoms with Crippen LogP contribution in [0.2, 0.25) is 0 Å². The molecule has 1 aliphatic carbocycles. The Balaban J connectivity index is 1.72. The van der Waals surface area contributed by atoms with Crippen LogP contribution in [0.15, 0.2) is 57.3 Å². The molecule has 10 heteroatoms. The van der Waals surface area contributed by atoms with Gasteiger partial charge in [-0.05, 0) is 38.4 Å². The molecule has 1 aliphatic rings. The van der Waals surface area contributed by atoms with E-state index in [1.807, 2.05) is 0 Å². The van der Waals surface area contributed by atoms with E-state index in [0.29, 0.717) is 25.9 Å². The van der Waals surface area contributed by atoms with E-state index >= 15 is 0 Å². The molecule has 0 spiro atoms. The van der Waals surface area contributed by atoms with Gasteiger partial charge in [0.1, 0.15) is 0 Å². The smallest absolute Gasteiger partial charge is 0.283 e. The summed E-state index contributed by atoms with van der Waals surface area (Å²) in [5, 5.41) is 19.0. The monoisotopic (exact) mass is 427 g/mol. The van der Waals surface area contributed by atoms with E-state index in [0.717, 1.165) is 11.8 Å². The van der Waals surface area contributed by atoms with Crippen LogP contribution in [0.25, 0.3) is 6.08 Å². The average Bonchev–Trinajstić information content (AvgIpc) is 3.19. The summed E-state index contributed by atoms with van der Waals surface area (Å²) in [6.45, 7) is 0. The molecule has 0 amide bonds. The Morgan fingerprint density at radius 3 is 2.32 bits per heavy atom. The molecular formula is C18H9N3O4S3. The van der Waals surface area contributed by atoms with Crippen LogP contribution in [0.1, 0.15) is 26.3 Å². The molecule has 0 unspecified atom stereocenters. The van der Waals surface area contributed by atoms with Gasteiger partial charge in [-0.25, -0.2) is 4.98 Å². The molecule has 0 atom stereocenters. The molecule has 0 fully saturated rings. The molecule has 0 radical (unpaired) electrons. The Morgan fingerprint density at radius 1 is 1.07 bits per heavy atom. The number of hydrogen-bond acceptors (Lipinski definition) is 9. The quantitative estimate of drug-likeness (QED) is 0.219. The number of carbonyl (C=O) groups is 2. The fourth-order valence-corrected chi connectivity index (χ4v) is 5.67. The van der Waals surface area contributed by atoms with Gasteiger partial charge in [0.2, 0.25) is 4.80 Å². The molecule has 3 aromatic rings. The molecule has 2 aromatic carbocycles. The maximum absolute atomic E-state index is 12.5. The number of allylic oxidation sites excluding steroid dienone is 1. The molecule has 0 saturated carbocycles. The number of nitrogens with zero attached hydrogens (tertiary/aromatic N) is 2. The Kier molecular flexibility index (Phi) is 4.75. The SMILES string of the molecule is N=c1nc(Sc2ccc(C=C3C(=O)c4ccccc4C3=O)cc2[N+](=O)[O-])ss1. The number of Topliss-reactive ketones (excluding diaryl/α,β-unsaturated/α-hetero) is 2. The van der Waals surface area contributed by atoms with Gasteiger partial charge in [0, 0.05) is 17.2 Å². The first-order chi connectivity index (χ1) is 13.4. The maximum atomic E-state index is 12.5. The molecule has 0 aliphatic heterocycles. The van der Waals surface area contributed by atoms with Crippen LogP contribution in [-0.2, 0) is 0 Å². The predicted octanol–water partition coefficient (Wildman–Crippen LogP) is 4.21. The summed E-state index contributed by atoms with van der Waals surface area (Å²) in [5.41, 5.74) is 0.926. The normalized spacial score (nSPS) is 12.9. The summed E-state index contributed by atoms with van der Waals surface area (Å²) >= 11 is 1.11. The standard InChI is InChI=1S/C18H9N3O4S3/c19-17-20-18(28-27-17)26-14-6-5-9(8-13(14)21(24)25)7-12-15(22)10-3-1-2-4-11(10)16(12)23/h1-8,19H. The second kappa shape index (κ2) is 7.23. The Bertz CT molecular complexity index is 1210. The molecular weight excluding hydrogens is 418 g/mol. The lowest BCUT2D eigenvalue weighted by Gasteiger charge is -2.02. The van der Waals surface area contributed by atoms with Crippen molar-refractivity contribution in [2.75, 3.05) is 0 Å². The summed E-state index contributed by atoms with van der Waals surface area (Å²) in [7, 11) is 2.45. The maximum Gasteiger partial charge on any atom is 0.283 e. The van der Waals surface area contributed by atoms with E-state index in [-0.39, 0.29) is 27.6 Å². The van der Waals surface area contributed by atoms with Crippen LogP contribution in [0.5, 0.6) is 0 Å². The lowest BCUT2D eigenvalue weighted by Crippen LogP contribution is -2.00. The van der Waals surface area contributed by atoms with Crippen molar-refractivity contribution in [3.8, 4) is 0 Å². The van der Waals surface area contributed by atoms with Crippen LogP contribution in [0.4, 0.5) is 5.69 Å². The molecule has 7 nitrogen and oxygen atoms in total. The summed E-state index contributed by atoms with van der Waals surface area (Å²) < 4.78 is 0.542. The number of aromatic nitrogens is 1. The van der Waals surface area contributed by atoms with Crippen molar-refractivity contribution in [2.24, 2.45) is 0 Å². The third-order valence-corrected chi connectivity index (χ3v) is 7.39. The van der Waals surface area contributed by atoms with Gasteiger partial charge in [0.25, 0.3) is 5.69 Å². The van der Waals surface area contributed by atoms with E-state index in [1.54, 1.807) is 36.4 Å². The molecule has 28 heavy (non-hydrogen) atoms. The van der Waals surface area contributed by atoms with Crippen LogP contribution < -0.4 is 4.80 Å².